The highest BCUT2D eigenvalue weighted by atomic mass is 16.2. The lowest BCUT2D eigenvalue weighted by atomic mass is 10.2. The van der Waals surface area contributed by atoms with Crippen LogP contribution in [0.1, 0.15) is 25.8 Å². The molecule has 1 aromatic heterocycles. The van der Waals surface area contributed by atoms with E-state index >= 15 is 0 Å². The Morgan fingerprint density at radius 1 is 1.58 bits per heavy atom. The van der Waals surface area contributed by atoms with Crippen molar-refractivity contribution in [2.45, 2.75) is 32.9 Å². The first kappa shape index (κ1) is 14.9. The van der Waals surface area contributed by atoms with E-state index in [2.05, 4.69) is 10.3 Å². The SMILES string of the molecule is CC(C)NC(=O)N(CCC(=N)N)Cc1cccnc1. The molecule has 0 spiro atoms. The number of nitrogens with two attached hydrogens (primary N) is 1. The Morgan fingerprint density at radius 3 is 2.84 bits per heavy atom. The molecule has 104 valence electrons. The summed E-state index contributed by atoms with van der Waals surface area (Å²) >= 11 is 0. The lowest BCUT2D eigenvalue weighted by Crippen LogP contribution is -2.43. The Bertz CT molecular complexity index is 418. The molecule has 0 radical (unpaired) electrons. The summed E-state index contributed by atoms with van der Waals surface area (Å²) in [6, 6.07) is 3.66. The van der Waals surface area contributed by atoms with Gasteiger partial charge in [0.05, 0.1) is 5.84 Å². The molecule has 0 aliphatic carbocycles. The zero-order valence-corrected chi connectivity index (χ0v) is 11.4. The lowest BCUT2D eigenvalue weighted by Gasteiger charge is -2.24. The molecule has 1 rings (SSSR count). The molecule has 0 bridgehead atoms. The average Bonchev–Trinajstić information content (AvgIpc) is 2.34. The van der Waals surface area contributed by atoms with E-state index in [1.165, 1.54) is 0 Å². The van der Waals surface area contributed by atoms with Gasteiger partial charge >= 0.3 is 6.03 Å². The quantitative estimate of drug-likeness (QED) is 0.533. The monoisotopic (exact) mass is 263 g/mol. The minimum absolute atomic E-state index is 0.0706. The van der Waals surface area contributed by atoms with Crippen molar-refractivity contribution in [3.05, 3.63) is 30.1 Å². The maximum atomic E-state index is 12.1. The van der Waals surface area contributed by atoms with Crippen molar-refractivity contribution in [2.75, 3.05) is 6.54 Å². The van der Waals surface area contributed by atoms with Crippen molar-refractivity contribution in [1.29, 1.82) is 5.41 Å². The van der Waals surface area contributed by atoms with Crippen molar-refractivity contribution in [3.8, 4) is 0 Å². The van der Waals surface area contributed by atoms with Crippen LogP contribution in [0.25, 0.3) is 0 Å². The minimum atomic E-state index is -0.153. The van der Waals surface area contributed by atoms with E-state index in [1.54, 1.807) is 17.3 Å². The van der Waals surface area contributed by atoms with Crippen molar-refractivity contribution in [2.24, 2.45) is 5.73 Å². The van der Waals surface area contributed by atoms with E-state index < -0.39 is 0 Å². The summed E-state index contributed by atoms with van der Waals surface area (Å²) in [6.45, 7) is 4.69. The van der Waals surface area contributed by atoms with Crippen LogP contribution >= 0.6 is 0 Å². The molecule has 0 unspecified atom stereocenters. The number of amidine groups is 1. The van der Waals surface area contributed by atoms with Gasteiger partial charge in [-0.15, -0.1) is 0 Å². The van der Waals surface area contributed by atoms with Gasteiger partial charge in [-0.3, -0.25) is 10.4 Å². The first-order chi connectivity index (χ1) is 8.99. The third-order valence-corrected chi connectivity index (χ3v) is 2.45. The van der Waals surface area contributed by atoms with E-state index in [9.17, 15) is 4.79 Å². The number of nitrogens with one attached hydrogen (secondary N) is 2. The van der Waals surface area contributed by atoms with Crippen LogP contribution in [-0.2, 0) is 6.54 Å². The summed E-state index contributed by atoms with van der Waals surface area (Å²) < 4.78 is 0. The van der Waals surface area contributed by atoms with Gasteiger partial charge in [-0.05, 0) is 25.5 Å². The molecule has 0 aromatic carbocycles. The van der Waals surface area contributed by atoms with Crippen LogP contribution in [0.4, 0.5) is 4.79 Å². The van der Waals surface area contributed by atoms with Crippen LogP contribution in [0.2, 0.25) is 0 Å². The number of carbonyl (C=O) groups is 1. The molecule has 0 aliphatic heterocycles. The maximum absolute atomic E-state index is 12.1. The molecule has 0 aliphatic rings. The second-order valence-electron chi connectivity index (χ2n) is 4.66. The molecular formula is C13H21N5O. The number of carbonyl (C=O) groups excluding carboxylic acids is 1. The highest BCUT2D eigenvalue weighted by Gasteiger charge is 2.14. The van der Waals surface area contributed by atoms with Crippen molar-refractivity contribution >= 4 is 11.9 Å². The Hall–Kier alpha value is -2.11. The second kappa shape index (κ2) is 7.35. The topological polar surface area (TPSA) is 95.1 Å². The molecule has 19 heavy (non-hydrogen) atoms. The highest BCUT2D eigenvalue weighted by Crippen LogP contribution is 2.04. The van der Waals surface area contributed by atoms with Gasteiger partial charge in [0.2, 0.25) is 0 Å². The van der Waals surface area contributed by atoms with Crippen LogP contribution in [0.3, 0.4) is 0 Å². The second-order valence-corrected chi connectivity index (χ2v) is 4.66. The number of urea groups is 1. The summed E-state index contributed by atoms with van der Waals surface area (Å²) in [4.78, 5) is 17.7. The van der Waals surface area contributed by atoms with Crippen LogP contribution in [0, 0.1) is 5.41 Å². The number of amides is 2. The molecule has 4 N–H and O–H groups in total. The van der Waals surface area contributed by atoms with E-state index in [4.69, 9.17) is 11.1 Å². The number of rotatable bonds is 6. The summed E-state index contributed by atoms with van der Waals surface area (Å²) in [7, 11) is 0. The zero-order valence-electron chi connectivity index (χ0n) is 11.4. The molecule has 0 saturated heterocycles. The van der Waals surface area contributed by atoms with Crippen molar-refractivity contribution in [1.82, 2.24) is 15.2 Å². The molecule has 1 aromatic rings. The molecule has 0 fully saturated rings. The Balaban J connectivity index is 2.68. The van der Waals surface area contributed by atoms with Gasteiger partial charge in [0.25, 0.3) is 0 Å². The zero-order chi connectivity index (χ0) is 14.3. The molecule has 6 nitrogen and oxygen atoms in total. The molecule has 1 heterocycles. The van der Waals surface area contributed by atoms with Gasteiger partial charge in [0.15, 0.2) is 0 Å². The van der Waals surface area contributed by atoms with E-state index in [-0.39, 0.29) is 17.9 Å². The molecular weight excluding hydrogens is 242 g/mol. The lowest BCUT2D eigenvalue weighted by molar-refractivity contribution is 0.194. The summed E-state index contributed by atoms with van der Waals surface area (Å²) in [6.07, 6.45) is 3.78. The Labute approximate surface area is 113 Å². The van der Waals surface area contributed by atoms with E-state index in [0.717, 1.165) is 5.56 Å². The van der Waals surface area contributed by atoms with Gasteiger partial charge in [-0.25, -0.2) is 4.79 Å². The van der Waals surface area contributed by atoms with Gasteiger partial charge in [0, 0.05) is 37.9 Å². The maximum Gasteiger partial charge on any atom is 0.317 e. The van der Waals surface area contributed by atoms with Crippen LogP contribution in [-0.4, -0.2) is 34.3 Å². The van der Waals surface area contributed by atoms with Gasteiger partial charge in [-0.2, -0.15) is 0 Å². The van der Waals surface area contributed by atoms with Gasteiger partial charge in [0.1, 0.15) is 0 Å². The molecule has 2 amide bonds. The van der Waals surface area contributed by atoms with Crippen LogP contribution in [0.5, 0.6) is 0 Å². The first-order valence-electron chi connectivity index (χ1n) is 6.26. The fraction of sp³-hybridized carbons (Fsp3) is 0.462. The molecule has 0 saturated carbocycles. The first-order valence-corrected chi connectivity index (χ1v) is 6.26. The molecule has 6 heteroatoms. The van der Waals surface area contributed by atoms with Gasteiger partial charge in [-0.1, -0.05) is 6.07 Å². The van der Waals surface area contributed by atoms with E-state index in [0.29, 0.717) is 19.5 Å². The molecule has 0 atom stereocenters. The average molecular weight is 263 g/mol. The summed E-state index contributed by atoms with van der Waals surface area (Å²) in [5.41, 5.74) is 6.30. The predicted molar refractivity (Wildman–Crippen MR) is 74.8 cm³/mol. The van der Waals surface area contributed by atoms with Crippen LogP contribution in [0.15, 0.2) is 24.5 Å². The smallest absolute Gasteiger partial charge is 0.317 e. The summed E-state index contributed by atoms with van der Waals surface area (Å²) in [5, 5.41) is 10.1. The third-order valence-electron chi connectivity index (χ3n) is 2.45. The van der Waals surface area contributed by atoms with E-state index in [1.807, 2.05) is 26.0 Å². The number of aromatic nitrogens is 1. The summed E-state index contributed by atoms with van der Waals surface area (Å²) in [5.74, 6) is 0.0773. The third kappa shape index (κ3) is 5.85. The Morgan fingerprint density at radius 2 is 2.32 bits per heavy atom. The van der Waals surface area contributed by atoms with Crippen molar-refractivity contribution < 1.29 is 4.79 Å². The largest absolute Gasteiger partial charge is 0.388 e. The van der Waals surface area contributed by atoms with Crippen LogP contribution < -0.4 is 11.1 Å². The standard InChI is InChI=1S/C13H21N5O/c1-10(2)17-13(19)18(7-5-12(14)15)9-11-4-3-6-16-8-11/h3-4,6,8,10H,5,7,9H2,1-2H3,(H3,14,15)(H,17,19). The Kier molecular flexibility index (Phi) is 5.78. The number of pyridine rings is 1. The number of hydrogen-bond acceptors (Lipinski definition) is 3. The predicted octanol–water partition coefficient (Wildman–Crippen LogP) is 1.33. The number of nitrogens with zero attached hydrogens (tertiary/aromatic N) is 2. The number of hydrogen-bond donors (Lipinski definition) is 3. The normalized spacial score (nSPS) is 10.3. The highest BCUT2D eigenvalue weighted by molar-refractivity contribution is 5.79. The van der Waals surface area contributed by atoms with Crippen molar-refractivity contribution in [3.63, 3.8) is 0 Å². The fourth-order valence-electron chi connectivity index (χ4n) is 1.56. The minimum Gasteiger partial charge on any atom is -0.388 e. The van der Waals surface area contributed by atoms with Gasteiger partial charge < -0.3 is 16.0 Å². The fourth-order valence-corrected chi connectivity index (χ4v) is 1.56.